The van der Waals surface area contributed by atoms with Gasteiger partial charge in [0.25, 0.3) is 0 Å². The van der Waals surface area contributed by atoms with E-state index in [9.17, 15) is 4.79 Å². The maximum absolute atomic E-state index is 11.5. The van der Waals surface area contributed by atoms with Gasteiger partial charge in [0.05, 0.1) is 6.61 Å². The van der Waals surface area contributed by atoms with Crippen molar-refractivity contribution in [3.05, 3.63) is 5.01 Å². The van der Waals surface area contributed by atoms with E-state index in [1.54, 1.807) is 7.05 Å². The fourth-order valence-electron chi connectivity index (χ4n) is 1.22. The molecule has 1 aromatic heterocycles. The van der Waals surface area contributed by atoms with Crippen LogP contribution in [0.1, 0.15) is 23.8 Å². The highest BCUT2D eigenvalue weighted by molar-refractivity contribution is 7.15. The predicted octanol–water partition coefficient (Wildman–Crippen LogP) is 0.871. The molecule has 2 N–H and O–H groups in total. The number of rotatable bonds is 4. The van der Waals surface area contributed by atoms with Crippen molar-refractivity contribution in [3.63, 3.8) is 0 Å². The summed E-state index contributed by atoms with van der Waals surface area (Å²) in [5.74, 6) is 0.554. The maximum Gasteiger partial charge on any atom is 0.323 e. The van der Waals surface area contributed by atoms with E-state index in [-0.39, 0.29) is 12.6 Å². The van der Waals surface area contributed by atoms with E-state index in [1.165, 1.54) is 29.1 Å². The third-order valence-electron chi connectivity index (χ3n) is 2.36. The van der Waals surface area contributed by atoms with Gasteiger partial charge >= 0.3 is 6.03 Å². The lowest BCUT2D eigenvalue weighted by atomic mass is 10.5. The third-order valence-corrected chi connectivity index (χ3v) is 3.36. The van der Waals surface area contributed by atoms with Crippen LogP contribution >= 0.6 is 11.3 Å². The molecule has 0 bridgehead atoms. The maximum atomic E-state index is 11.5. The van der Waals surface area contributed by atoms with Gasteiger partial charge in [-0.25, -0.2) is 4.79 Å². The van der Waals surface area contributed by atoms with Crippen LogP contribution < -0.4 is 5.32 Å². The molecule has 88 valence electrons. The SMILES string of the molecule is CN(CCO)C(=O)Nc1nnc(C2CC2)s1. The molecule has 2 amide bonds. The quantitative estimate of drug-likeness (QED) is 0.821. The smallest absolute Gasteiger partial charge is 0.323 e. The Morgan fingerprint density at radius 3 is 3.00 bits per heavy atom. The van der Waals surface area contributed by atoms with E-state index < -0.39 is 0 Å². The number of hydrogen-bond acceptors (Lipinski definition) is 5. The minimum absolute atomic E-state index is 0.0483. The van der Waals surface area contributed by atoms with E-state index in [2.05, 4.69) is 15.5 Å². The lowest BCUT2D eigenvalue weighted by Gasteiger charge is -2.14. The molecule has 1 saturated carbocycles. The summed E-state index contributed by atoms with van der Waals surface area (Å²) < 4.78 is 0. The van der Waals surface area contributed by atoms with Crippen molar-refractivity contribution in [1.29, 1.82) is 0 Å². The number of likely N-dealkylation sites (N-methyl/N-ethyl adjacent to an activating group) is 1. The van der Waals surface area contributed by atoms with Gasteiger partial charge in [-0.05, 0) is 12.8 Å². The van der Waals surface area contributed by atoms with Crippen LogP contribution in [0.2, 0.25) is 0 Å². The Morgan fingerprint density at radius 1 is 1.62 bits per heavy atom. The second-order valence-corrected chi connectivity index (χ2v) is 4.80. The summed E-state index contributed by atoms with van der Waals surface area (Å²) in [6.45, 7) is 0.257. The summed E-state index contributed by atoms with van der Waals surface area (Å²) in [4.78, 5) is 12.9. The molecule has 0 unspecified atom stereocenters. The highest BCUT2D eigenvalue weighted by Crippen LogP contribution is 2.41. The summed E-state index contributed by atoms with van der Waals surface area (Å²) in [5, 5.41) is 20.8. The molecule has 7 heteroatoms. The van der Waals surface area contributed by atoms with Gasteiger partial charge < -0.3 is 10.0 Å². The van der Waals surface area contributed by atoms with Crippen LogP contribution in [0.25, 0.3) is 0 Å². The monoisotopic (exact) mass is 242 g/mol. The zero-order valence-electron chi connectivity index (χ0n) is 9.01. The number of aromatic nitrogens is 2. The van der Waals surface area contributed by atoms with Crippen molar-refractivity contribution in [2.24, 2.45) is 0 Å². The fraction of sp³-hybridized carbons (Fsp3) is 0.667. The molecule has 0 radical (unpaired) electrons. The molecule has 1 fully saturated rings. The molecule has 16 heavy (non-hydrogen) atoms. The van der Waals surface area contributed by atoms with Crippen LogP contribution in [0.4, 0.5) is 9.93 Å². The van der Waals surface area contributed by atoms with Gasteiger partial charge in [0, 0.05) is 19.5 Å². The molecule has 0 atom stereocenters. The Balaban J connectivity index is 1.89. The summed E-state index contributed by atoms with van der Waals surface area (Å²) in [5.41, 5.74) is 0. The molecule has 1 aliphatic rings. The van der Waals surface area contributed by atoms with Gasteiger partial charge in [-0.2, -0.15) is 0 Å². The molecule has 0 aromatic carbocycles. The van der Waals surface area contributed by atoms with Crippen LogP contribution in [0, 0.1) is 0 Å². The number of anilines is 1. The molecule has 0 aliphatic heterocycles. The molecule has 1 aromatic rings. The van der Waals surface area contributed by atoms with Crippen molar-refractivity contribution in [3.8, 4) is 0 Å². The third kappa shape index (κ3) is 2.67. The number of carbonyl (C=O) groups is 1. The second kappa shape index (κ2) is 4.75. The second-order valence-electron chi connectivity index (χ2n) is 3.80. The predicted molar refractivity (Wildman–Crippen MR) is 60.6 cm³/mol. The van der Waals surface area contributed by atoms with Crippen LogP contribution in [0.3, 0.4) is 0 Å². The first kappa shape index (κ1) is 11.3. The van der Waals surface area contributed by atoms with Crippen LogP contribution in [-0.4, -0.2) is 46.4 Å². The summed E-state index contributed by atoms with van der Waals surface area (Å²) in [6.07, 6.45) is 2.35. The van der Waals surface area contributed by atoms with Gasteiger partial charge in [-0.3, -0.25) is 5.32 Å². The Hall–Kier alpha value is -1.21. The normalized spacial score (nSPS) is 14.9. The number of aliphatic hydroxyl groups excluding tert-OH is 1. The summed E-state index contributed by atoms with van der Waals surface area (Å²) in [7, 11) is 1.62. The van der Waals surface area contributed by atoms with Crippen LogP contribution in [0.5, 0.6) is 0 Å². The molecule has 0 saturated heterocycles. The zero-order valence-corrected chi connectivity index (χ0v) is 9.83. The van der Waals surface area contributed by atoms with E-state index in [1.807, 2.05) is 0 Å². The molecule has 6 nitrogen and oxygen atoms in total. The number of carbonyl (C=O) groups excluding carboxylic acids is 1. The number of amides is 2. The Morgan fingerprint density at radius 2 is 2.38 bits per heavy atom. The van der Waals surface area contributed by atoms with Gasteiger partial charge in [0.2, 0.25) is 5.13 Å². The van der Waals surface area contributed by atoms with Crippen molar-refractivity contribution in [2.75, 3.05) is 25.5 Å². The van der Waals surface area contributed by atoms with E-state index in [0.717, 1.165) is 5.01 Å². The Bertz CT molecular complexity index is 377. The summed E-state index contributed by atoms with van der Waals surface area (Å²) >= 11 is 1.42. The standard InChI is InChI=1S/C9H14N4O2S/c1-13(4-5-14)9(15)10-8-12-11-7(16-8)6-2-3-6/h6,14H,2-5H2,1H3,(H,10,12,15). The van der Waals surface area contributed by atoms with Gasteiger partial charge in [-0.15, -0.1) is 10.2 Å². The van der Waals surface area contributed by atoms with Crippen molar-refractivity contribution in [2.45, 2.75) is 18.8 Å². The first-order valence-corrected chi connectivity index (χ1v) is 5.98. The van der Waals surface area contributed by atoms with Gasteiger partial charge in [0.15, 0.2) is 0 Å². The molecule has 0 spiro atoms. The van der Waals surface area contributed by atoms with E-state index in [4.69, 9.17) is 5.11 Å². The van der Waals surface area contributed by atoms with E-state index >= 15 is 0 Å². The first-order valence-electron chi connectivity index (χ1n) is 5.17. The van der Waals surface area contributed by atoms with Gasteiger partial charge in [-0.1, -0.05) is 11.3 Å². The molecular formula is C9H14N4O2S. The molecule has 2 rings (SSSR count). The number of nitrogens with zero attached hydrogens (tertiary/aromatic N) is 3. The van der Waals surface area contributed by atoms with Crippen molar-refractivity contribution >= 4 is 22.5 Å². The number of nitrogens with one attached hydrogen (secondary N) is 1. The van der Waals surface area contributed by atoms with E-state index in [0.29, 0.717) is 17.6 Å². The number of hydrogen-bond donors (Lipinski definition) is 2. The highest BCUT2D eigenvalue weighted by Gasteiger charge is 2.27. The van der Waals surface area contributed by atoms with Crippen LogP contribution in [0.15, 0.2) is 0 Å². The lowest BCUT2D eigenvalue weighted by molar-refractivity contribution is 0.202. The average molecular weight is 242 g/mol. The molecule has 1 aliphatic carbocycles. The minimum Gasteiger partial charge on any atom is -0.395 e. The zero-order chi connectivity index (χ0) is 11.5. The minimum atomic E-state index is -0.271. The topological polar surface area (TPSA) is 78.4 Å². The lowest BCUT2D eigenvalue weighted by Crippen LogP contribution is -2.33. The Labute approximate surface area is 97.3 Å². The number of urea groups is 1. The van der Waals surface area contributed by atoms with Crippen LogP contribution in [-0.2, 0) is 0 Å². The van der Waals surface area contributed by atoms with Gasteiger partial charge in [0.1, 0.15) is 5.01 Å². The largest absolute Gasteiger partial charge is 0.395 e. The van der Waals surface area contributed by atoms with Crippen molar-refractivity contribution in [1.82, 2.24) is 15.1 Å². The number of aliphatic hydroxyl groups is 1. The highest BCUT2D eigenvalue weighted by atomic mass is 32.1. The molecule has 1 heterocycles. The fourth-order valence-corrected chi connectivity index (χ4v) is 2.12. The first-order chi connectivity index (χ1) is 7.70. The van der Waals surface area contributed by atoms with Crippen molar-refractivity contribution < 1.29 is 9.90 Å². The Kier molecular flexibility index (Phi) is 3.35. The average Bonchev–Trinajstić information content (AvgIpc) is 3.01. The summed E-state index contributed by atoms with van der Waals surface area (Å²) in [6, 6.07) is -0.271. The molecular weight excluding hydrogens is 228 g/mol.